The third-order valence-corrected chi connectivity index (χ3v) is 5.42. The number of halogens is 4. The average Bonchev–Trinajstić information content (AvgIpc) is 3.71. The monoisotopic (exact) mass is 528 g/mol. The molecular weight excluding hydrogens is 464 g/mol. The third kappa shape index (κ3) is 43.5. The van der Waals surface area contributed by atoms with Gasteiger partial charge in [-0.1, -0.05) is 108 Å². The normalized spacial score (nSPS) is 18.4. The van der Waals surface area contributed by atoms with Gasteiger partial charge in [-0.15, -0.1) is 6.58 Å². The molecule has 0 N–H and O–H groups in total. The van der Waals surface area contributed by atoms with Gasteiger partial charge in [0.1, 0.15) is 0 Å². The summed E-state index contributed by atoms with van der Waals surface area (Å²) in [6.07, 6.45) is 8.61. The van der Waals surface area contributed by atoms with Crippen molar-refractivity contribution in [2.75, 3.05) is 13.2 Å². The van der Waals surface area contributed by atoms with E-state index in [-0.39, 0.29) is 18.8 Å². The maximum absolute atomic E-state index is 11.8. The summed E-state index contributed by atoms with van der Waals surface area (Å²) in [4.78, 5) is 0. The summed E-state index contributed by atoms with van der Waals surface area (Å²) in [7, 11) is 0. The van der Waals surface area contributed by atoms with Crippen LogP contribution in [0, 0.1) is 29.6 Å². The van der Waals surface area contributed by atoms with E-state index in [9.17, 15) is 17.6 Å². The molecule has 1 aliphatic heterocycles. The highest BCUT2D eigenvalue weighted by Crippen LogP contribution is 2.50. The van der Waals surface area contributed by atoms with E-state index >= 15 is 0 Å². The van der Waals surface area contributed by atoms with E-state index in [2.05, 4.69) is 68.9 Å². The van der Waals surface area contributed by atoms with Gasteiger partial charge in [-0.2, -0.15) is 0 Å². The molecule has 222 valence electrons. The quantitative estimate of drug-likeness (QED) is 0.246. The van der Waals surface area contributed by atoms with Crippen molar-refractivity contribution >= 4 is 0 Å². The fourth-order valence-electron chi connectivity index (χ4n) is 1.76. The van der Waals surface area contributed by atoms with Crippen LogP contribution in [0.5, 0.6) is 0 Å². The van der Waals surface area contributed by atoms with Gasteiger partial charge < -0.3 is 4.74 Å². The number of ether oxygens (including phenoxy) is 1. The SMILES string of the molecule is C=CCC.CC(C)C.CCC(C)C.CCC(F)F.CCC1CC1.CCC1CC1(F)F.CCC1COC1. The van der Waals surface area contributed by atoms with E-state index in [1.807, 2.05) is 6.08 Å². The zero-order valence-electron chi connectivity index (χ0n) is 25.9. The van der Waals surface area contributed by atoms with Crippen molar-refractivity contribution in [3.05, 3.63) is 12.7 Å². The van der Waals surface area contributed by atoms with Gasteiger partial charge in [0, 0.05) is 24.7 Å². The summed E-state index contributed by atoms with van der Waals surface area (Å²) in [6.45, 7) is 28.4. The second-order valence-electron chi connectivity index (χ2n) is 10.8. The summed E-state index contributed by atoms with van der Waals surface area (Å²) < 4.78 is 50.0. The summed E-state index contributed by atoms with van der Waals surface area (Å²) in [6, 6.07) is 0. The van der Waals surface area contributed by atoms with E-state index < -0.39 is 12.3 Å². The number of allylic oxidation sites excluding steroid dienone is 1. The third-order valence-electron chi connectivity index (χ3n) is 5.42. The summed E-state index contributed by atoms with van der Waals surface area (Å²) in [5.41, 5.74) is 0. The molecule has 2 aliphatic carbocycles. The lowest BCUT2D eigenvalue weighted by Crippen LogP contribution is -2.26. The van der Waals surface area contributed by atoms with Crippen molar-refractivity contribution < 1.29 is 22.3 Å². The van der Waals surface area contributed by atoms with Crippen LogP contribution in [0.2, 0.25) is 0 Å². The molecule has 0 aromatic heterocycles. The van der Waals surface area contributed by atoms with Gasteiger partial charge in [-0.25, -0.2) is 17.6 Å². The van der Waals surface area contributed by atoms with E-state index in [4.69, 9.17) is 4.74 Å². The van der Waals surface area contributed by atoms with Crippen molar-refractivity contribution in [3.63, 3.8) is 0 Å². The molecule has 0 radical (unpaired) electrons. The molecule has 1 atom stereocenters. The van der Waals surface area contributed by atoms with Crippen LogP contribution >= 0.6 is 0 Å². The zero-order chi connectivity index (χ0) is 29.2. The molecule has 0 aromatic carbocycles. The van der Waals surface area contributed by atoms with Gasteiger partial charge in [0.15, 0.2) is 0 Å². The maximum Gasteiger partial charge on any atom is 0.251 e. The Morgan fingerprint density at radius 2 is 1.14 bits per heavy atom. The highest BCUT2D eigenvalue weighted by atomic mass is 19.3. The largest absolute Gasteiger partial charge is 0.381 e. The lowest BCUT2D eigenvalue weighted by atomic mass is 10.1. The first-order chi connectivity index (χ1) is 16.7. The van der Waals surface area contributed by atoms with Crippen LogP contribution in [0.4, 0.5) is 17.6 Å². The van der Waals surface area contributed by atoms with Crippen LogP contribution in [-0.2, 0) is 4.74 Å². The van der Waals surface area contributed by atoms with Crippen molar-refractivity contribution in [2.24, 2.45) is 29.6 Å². The van der Waals surface area contributed by atoms with Crippen molar-refractivity contribution in [3.8, 4) is 0 Å². The minimum absolute atomic E-state index is 0.0278. The minimum atomic E-state index is -2.28. The van der Waals surface area contributed by atoms with Gasteiger partial charge in [0.2, 0.25) is 6.43 Å². The molecule has 0 amide bonds. The lowest BCUT2D eigenvalue weighted by molar-refractivity contribution is -0.0331. The Labute approximate surface area is 224 Å². The smallest absolute Gasteiger partial charge is 0.251 e. The maximum atomic E-state index is 11.8. The Bertz CT molecular complexity index is 401. The molecule has 2 saturated carbocycles. The standard InChI is InChI=1S/C5H8F2.C5H10O.C5H10.C5H12.C4H10.C4H8.C3H6F2/c1-2-4-3-5(4,6)7;1-2-5-3-6-4-5;1-2-5-3-4-5;1-4-5(2)3;1-4(2)3;1-3-4-2;1-2-3(4)5/h4H,2-3H2,1H3;5H,2-4H2,1H3;5H,2-4H2,1H3;5H,4H2,1-3H3;4H,1-3H3;3H,1,4H2,2H3;3H,2H2,1H3. The summed E-state index contributed by atoms with van der Waals surface area (Å²) >= 11 is 0. The van der Waals surface area contributed by atoms with Crippen LogP contribution < -0.4 is 0 Å². The van der Waals surface area contributed by atoms with E-state index in [0.29, 0.717) is 6.42 Å². The Morgan fingerprint density at radius 1 is 0.806 bits per heavy atom. The molecule has 1 nitrogen and oxygen atoms in total. The molecule has 1 saturated heterocycles. The van der Waals surface area contributed by atoms with Crippen LogP contribution in [0.3, 0.4) is 0 Å². The molecule has 0 bridgehead atoms. The molecule has 3 rings (SSSR count). The Morgan fingerprint density at radius 3 is 1.14 bits per heavy atom. The molecule has 1 unspecified atom stereocenters. The Balaban J connectivity index is -0.000000168. The van der Waals surface area contributed by atoms with Crippen LogP contribution in [0.1, 0.15) is 134 Å². The van der Waals surface area contributed by atoms with E-state index in [1.165, 1.54) is 39.0 Å². The first kappa shape index (κ1) is 42.5. The molecule has 0 aromatic rings. The number of hydrogen-bond acceptors (Lipinski definition) is 1. The minimum Gasteiger partial charge on any atom is -0.381 e. The van der Waals surface area contributed by atoms with Crippen molar-refractivity contribution in [1.82, 2.24) is 0 Å². The molecule has 0 spiro atoms. The number of alkyl halides is 4. The van der Waals surface area contributed by atoms with Crippen molar-refractivity contribution in [1.29, 1.82) is 0 Å². The molecule has 3 aliphatic rings. The van der Waals surface area contributed by atoms with Gasteiger partial charge in [-0.05, 0) is 37.0 Å². The Hall–Kier alpha value is -0.580. The van der Waals surface area contributed by atoms with E-state index in [1.54, 1.807) is 6.92 Å². The molecule has 36 heavy (non-hydrogen) atoms. The highest BCUT2D eigenvalue weighted by Gasteiger charge is 2.55. The topological polar surface area (TPSA) is 9.23 Å². The molecule has 5 heteroatoms. The predicted octanol–water partition coefficient (Wildman–Crippen LogP) is 11.9. The lowest BCUT2D eigenvalue weighted by Gasteiger charge is -2.23. The number of rotatable bonds is 6. The Kier molecular flexibility index (Phi) is 34.2. The van der Waals surface area contributed by atoms with Gasteiger partial charge in [-0.3, -0.25) is 0 Å². The molecule has 3 fully saturated rings. The summed E-state index contributed by atoms with van der Waals surface area (Å²) in [5, 5.41) is 0. The van der Waals surface area contributed by atoms with Crippen LogP contribution in [-0.4, -0.2) is 25.6 Å². The van der Waals surface area contributed by atoms with Gasteiger partial charge in [0.25, 0.3) is 5.92 Å². The predicted molar refractivity (Wildman–Crippen MR) is 153 cm³/mol. The number of hydrogen-bond donors (Lipinski definition) is 0. The van der Waals surface area contributed by atoms with E-state index in [0.717, 1.165) is 43.3 Å². The van der Waals surface area contributed by atoms with Crippen LogP contribution in [0.25, 0.3) is 0 Å². The first-order valence-electron chi connectivity index (χ1n) is 14.6. The van der Waals surface area contributed by atoms with Gasteiger partial charge >= 0.3 is 0 Å². The zero-order valence-corrected chi connectivity index (χ0v) is 25.9. The second-order valence-corrected chi connectivity index (χ2v) is 10.8. The summed E-state index contributed by atoms with van der Waals surface area (Å²) in [5.74, 6) is 1.18. The van der Waals surface area contributed by atoms with Crippen LogP contribution in [0.15, 0.2) is 12.7 Å². The van der Waals surface area contributed by atoms with Crippen molar-refractivity contribution in [2.45, 2.75) is 146 Å². The van der Waals surface area contributed by atoms with Gasteiger partial charge in [0.05, 0.1) is 13.2 Å². The molecular formula is C31H64F4O. The molecule has 1 heterocycles. The highest BCUT2D eigenvalue weighted by molar-refractivity contribution is 4.93. The first-order valence-corrected chi connectivity index (χ1v) is 14.6. The average molecular weight is 529 g/mol. The fraction of sp³-hybridized carbons (Fsp3) is 0.935. The second kappa shape index (κ2) is 29.0. The fourth-order valence-corrected chi connectivity index (χ4v) is 1.76.